The summed E-state index contributed by atoms with van der Waals surface area (Å²) in [5.41, 5.74) is 6.66. The number of aromatic nitrogens is 2. The zero-order valence-corrected chi connectivity index (χ0v) is 10.9. The summed E-state index contributed by atoms with van der Waals surface area (Å²) in [5, 5.41) is 11.4. The predicted molar refractivity (Wildman–Crippen MR) is 73.0 cm³/mol. The van der Waals surface area contributed by atoms with Crippen molar-refractivity contribution in [1.29, 1.82) is 0 Å². The number of hydrogen-bond donors (Lipinski definition) is 2. The molecule has 0 atom stereocenters. The van der Waals surface area contributed by atoms with Gasteiger partial charge in [0.15, 0.2) is 5.84 Å². The van der Waals surface area contributed by atoms with E-state index in [-0.39, 0.29) is 11.7 Å². The smallest absolute Gasteiger partial charge is 0.190 e. The molecule has 7 heteroatoms. The van der Waals surface area contributed by atoms with Gasteiger partial charge in [0.05, 0.1) is 12.4 Å². The van der Waals surface area contributed by atoms with E-state index in [0.717, 1.165) is 5.56 Å². The van der Waals surface area contributed by atoms with Gasteiger partial charge in [-0.25, -0.2) is 14.4 Å². The van der Waals surface area contributed by atoms with Gasteiger partial charge in [-0.1, -0.05) is 17.3 Å². The molecule has 0 saturated carbocycles. The average molecular weight is 275 g/mol. The van der Waals surface area contributed by atoms with Crippen LogP contribution >= 0.6 is 0 Å². The SMILES string of the molecule is CN(Cc1ccc(F)cc1)c1cnc(C(N)=NO)cn1. The lowest BCUT2D eigenvalue weighted by Crippen LogP contribution is -2.20. The zero-order chi connectivity index (χ0) is 14.5. The van der Waals surface area contributed by atoms with Gasteiger partial charge in [0.1, 0.15) is 17.3 Å². The Morgan fingerprint density at radius 3 is 2.55 bits per heavy atom. The number of amidine groups is 1. The summed E-state index contributed by atoms with van der Waals surface area (Å²) in [4.78, 5) is 10.1. The van der Waals surface area contributed by atoms with Crippen LogP contribution < -0.4 is 10.6 Å². The molecule has 0 bridgehead atoms. The Hall–Kier alpha value is -2.70. The molecule has 0 unspecified atom stereocenters. The number of oxime groups is 1. The largest absolute Gasteiger partial charge is 0.409 e. The minimum atomic E-state index is -0.265. The Bertz CT molecular complexity index is 597. The Labute approximate surface area is 115 Å². The summed E-state index contributed by atoms with van der Waals surface area (Å²) in [7, 11) is 1.84. The molecule has 0 spiro atoms. The van der Waals surface area contributed by atoms with Crippen molar-refractivity contribution in [2.45, 2.75) is 6.54 Å². The Morgan fingerprint density at radius 2 is 2.00 bits per heavy atom. The third-order valence-corrected chi connectivity index (χ3v) is 2.73. The second kappa shape index (κ2) is 5.96. The van der Waals surface area contributed by atoms with Gasteiger partial charge < -0.3 is 15.8 Å². The van der Waals surface area contributed by atoms with Gasteiger partial charge >= 0.3 is 0 Å². The number of benzene rings is 1. The first-order valence-corrected chi connectivity index (χ1v) is 5.85. The first-order chi connectivity index (χ1) is 9.60. The summed E-state index contributed by atoms with van der Waals surface area (Å²) in [5.74, 6) is 0.272. The van der Waals surface area contributed by atoms with E-state index in [9.17, 15) is 4.39 Å². The van der Waals surface area contributed by atoms with Crippen LogP contribution in [0.2, 0.25) is 0 Å². The minimum absolute atomic E-state index is 0.0924. The lowest BCUT2D eigenvalue weighted by Gasteiger charge is -2.17. The average Bonchev–Trinajstić information content (AvgIpc) is 2.49. The highest BCUT2D eigenvalue weighted by Crippen LogP contribution is 2.12. The second-order valence-electron chi connectivity index (χ2n) is 4.23. The molecule has 3 N–H and O–H groups in total. The monoisotopic (exact) mass is 275 g/mol. The molecule has 0 radical (unpaired) electrons. The van der Waals surface area contributed by atoms with Gasteiger partial charge in [-0.05, 0) is 17.7 Å². The van der Waals surface area contributed by atoms with E-state index in [1.807, 2.05) is 11.9 Å². The molecule has 1 aromatic carbocycles. The van der Waals surface area contributed by atoms with Crippen molar-refractivity contribution in [2.75, 3.05) is 11.9 Å². The summed E-state index contributed by atoms with van der Waals surface area (Å²) < 4.78 is 12.8. The van der Waals surface area contributed by atoms with Gasteiger partial charge in [0.2, 0.25) is 0 Å². The van der Waals surface area contributed by atoms with E-state index in [2.05, 4.69) is 15.1 Å². The van der Waals surface area contributed by atoms with Crippen molar-refractivity contribution in [3.8, 4) is 0 Å². The first-order valence-electron chi connectivity index (χ1n) is 5.85. The molecule has 0 aliphatic rings. The van der Waals surface area contributed by atoms with Crippen LogP contribution in [0.15, 0.2) is 41.8 Å². The molecule has 0 amide bonds. The third-order valence-electron chi connectivity index (χ3n) is 2.73. The van der Waals surface area contributed by atoms with Crippen LogP contribution in [0, 0.1) is 5.82 Å². The maximum Gasteiger partial charge on any atom is 0.190 e. The molecular weight excluding hydrogens is 261 g/mol. The Morgan fingerprint density at radius 1 is 1.30 bits per heavy atom. The van der Waals surface area contributed by atoms with E-state index < -0.39 is 0 Å². The van der Waals surface area contributed by atoms with Crippen LogP contribution in [0.5, 0.6) is 0 Å². The minimum Gasteiger partial charge on any atom is -0.409 e. The highest BCUT2D eigenvalue weighted by Gasteiger charge is 2.06. The van der Waals surface area contributed by atoms with Gasteiger partial charge in [-0.3, -0.25) is 0 Å². The summed E-state index contributed by atoms with van der Waals surface area (Å²) in [6.07, 6.45) is 2.95. The molecule has 2 rings (SSSR count). The van der Waals surface area contributed by atoms with E-state index in [1.165, 1.54) is 24.5 Å². The quantitative estimate of drug-likeness (QED) is 0.380. The lowest BCUT2D eigenvalue weighted by molar-refractivity contribution is 0.318. The summed E-state index contributed by atoms with van der Waals surface area (Å²) >= 11 is 0. The molecule has 1 aromatic heterocycles. The molecule has 1 heterocycles. The van der Waals surface area contributed by atoms with E-state index >= 15 is 0 Å². The van der Waals surface area contributed by atoms with Gasteiger partial charge in [0, 0.05) is 13.6 Å². The molecule has 0 saturated heterocycles. The molecular formula is C13H14FN5O. The Kier molecular flexibility index (Phi) is 4.09. The third kappa shape index (κ3) is 3.19. The van der Waals surface area contributed by atoms with Crippen LogP contribution in [0.25, 0.3) is 0 Å². The van der Waals surface area contributed by atoms with Gasteiger partial charge in [0.25, 0.3) is 0 Å². The molecule has 20 heavy (non-hydrogen) atoms. The molecule has 6 nitrogen and oxygen atoms in total. The highest BCUT2D eigenvalue weighted by atomic mass is 19.1. The first kappa shape index (κ1) is 13.7. The van der Waals surface area contributed by atoms with Crippen molar-refractivity contribution >= 4 is 11.7 Å². The fourth-order valence-electron chi connectivity index (χ4n) is 1.65. The van der Waals surface area contributed by atoms with Crippen LogP contribution in [0.3, 0.4) is 0 Å². The second-order valence-corrected chi connectivity index (χ2v) is 4.23. The summed E-state index contributed by atoms with van der Waals surface area (Å²) in [6.45, 7) is 0.567. The van der Waals surface area contributed by atoms with Gasteiger partial charge in [-0.15, -0.1) is 0 Å². The molecule has 2 aromatic rings. The maximum atomic E-state index is 12.8. The lowest BCUT2D eigenvalue weighted by atomic mass is 10.2. The van der Waals surface area contributed by atoms with E-state index in [1.54, 1.807) is 12.1 Å². The topological polar surface area (TPSA) is 87.6 Å². The number of hydrogen-bond acceptors (Lipinski definition) is 5. The molecule has 0 aliphatic carbocycles. The van der Waals surface area contributed by atoms with Gasteiger partial charge in [-0.2, -0.15) is 0 Å². The fourth-order valence-corrected chi connectivity index (χ4v) is 1.65. The summed E-state index contributed by atoms with van der Waals surface area (Å²) in [6, 6.07) is 6.25. The molecule has 0 fully saturated rings. The number of anilines is 1. The van der Waals surface area contributed by atoms with Crippen molar-refractivity contribution in [1.82, 2.24) is 9.97 Å². The Balaban J connectivity index is 2.09. The predicted octanol–water partition coefficient (Wildman–Crippen LogP) is 1.35. The number of rotatable bonds is 4. The van der Waals surface area contributed by atoms with Crippen molar-refractivity contribution < 1.29 is 9.60 Å². The van der Waals surface area contributed by atoms with Crippen molar-refractivity contribution in [3.05, 3.63) is 53.7 Å². The van der Waals surface area contributed by atoms with E-state index in [0.29, 0.717) is 18.1 Å². The van der Waals surface area contributed by atoms with Crippen LogP contribution in [-0.4, -0.2) is 28.1 Å². The standard InChI is InChI=1S/C13H14FN5O/c1-19(8-9-2-4-10(14)5-3-9)12-7-16-11(6-17-12)13(15)18-20/h2-7,20H,8H2,1H3,(H2,15,18). The molecule has 104 valence electrons. The maximum absolute atomic E-state index is 12.8. The van der Waals surface area contributed by atoms with E-state index in [4.69, 9.17) is 10.9 Å². The number of nitrogens with two attached hydrogens (primary N) is 1. The fraction of sp³-hybridized carbons (Fsp3) is 0.154. The number of halogens is 1. The normalized spacial score (nSPS) is 11.4. The number of nitrogens with zero attached hydrogens (tertiary/aromatic N) is 4. The van der Waals surface area contributed by atoms with Crippen molar-refractivity contribution in [2.24, 2.45) is 10.9 Å². The highest BCUT2D eigenvalue weighted by molar-refractivity contribution is 5.94. The van der Waals surface area contributed by atoms with Crippen LogP contribution in [-0.2, 0) is 6.54 Å². The van der Waals surface area contributed by atoms with Crippen molar-refractivity contribution in [3.63, 3.8) is 0 Å². The molecule has 0 aliphatic heterocycles. The zero-order valence-electron chi connectivity index (χ0n) is 10.9. The van der Waals surface area contributed by atoms with Crippen LogP contribution in [0.4, 0.5) is 10.2 Å². The van der Waals surface area contributed by atoms with Crippen LogP contribution in [0.1, 0.15) is 11.3 Å².